The van der Waals surface area contributed by atoms with Crippen LogP contribution < -0.4 is 9.62 Å². The van der Waals surface area contributed by atoms with Gasteiger partial charge < -0.3 is 5.32 Å². The second-order valence-electron chi connectivity index (χ2n) is 8.65. The third-order valence-corrected chi connectivity index (χ3v) is 8.69. The highest BCUT2D eigenvalue weighted by molar-refractivity contribution is 7.92. The fourth-order valence-corrected chi connectivity index (χ4v) is 6.42. The summed E-state index contributed by atoms with van der Waals surface area (Å²) in [4.78, 5) is 17.7. The molecule has 1 aliphatic rings. The summed E-state index contributed by atoms with van der Waals surface area (Å²) >= 11 is 12.9. The van der Waals surface area contributed by atoms with Gasteiger partial charge in [0.2, 0.25) is 10.0 Å². The topological polar surface area (TPSA) is 79.4 Å². The summed E-state index contributed by atoms with van der Waals surface area (Å²) in [5.74, 6) is -0.303. The number of hydrogen-bond acceptors (Lipinski definition) is 4. The van der Waals surface area contributed by atoms with E-state index in [1.807, 2.05) is 36.4 Å². The normalized spacial score (nSPS) is 15.4. The molecular weight excluding hydrogens is 517 g/mol. The van der Waals surface area contributed by atoms with E-state index in [9.17, 15) is 13.2 Å². The Balaban J connectivity index is 1.39. The van der Waals surface area contributed by atoms with Crippen LogP contribution in [-0.2, 0) is 10.0 Å². The quantitative estimate of drug-likeness (QED) is 0.310. The molecule has 1 aromatic heterocycles. The third-order valence-electron chi connectivity index (χ3n) is 6.18. The first-order valence-corrected chi connectivity index (χ1v) is 14.0. The largest absolute Gasteiger partial charge is 0.322 e. The highest BCUT2D eigenvalue weighted by Crippen LogP contribution is 2.32. The van der Waals surface area contributed by atoms with Gasteiger partial charge >= 0.3 is 0 Å². The van der Waals surface area contributed by atoms with Gasteiger partial charge in [-0.15, -0.1) is 0 Å². The highest BCUT2D eigenvalue weighted by atomic mass is 35.5. The van der Waals surface area contributed by atoms with E-state index in [1.54, 1.807) is 30.3 Å². The number of carbonyl (C=O) groups excluding carboxylic acids is 1. The Morgan fingerprint density at radius 3 is 2.56 bits per heavy atom. The molecule has 184 valence electrons. The first-order chi connectivity index (χ1) is 17.3. The molecule has 6 nitrogen and oxygen atoms in total. The number of benzene rings is 3. The molecule has 9 heteroatoms. The van der Waals surface area contributed by atoms with Crippen molar-refractivity contribution >= 4 is 61.4 Å². The second kappa shape index (κ2) is 10.1. The predicted octanol–water partition coefficient (Wildman–Crippen LogP) is 6.78. The summed E-state index contributed by atoms with van der Waals surface area (Å²) in [7, 11) is -3.40. The molecule has 5 rings (SSSR count). The fraction of sp³-hybridized carbons (Fsp3) is 0.185. The summed E-state index contributed by atoms with van der Waals surface area (Å²) in [6, 6.07) is 21.6. The van der Waals surface area contributed by atoms with Crippen LogP contribution in [0, 0.1) is 0 Å². The van der Waals surface area contributed by atoms with Crippen LogP contribution in [-0.4, -0.2) is 31.6 Å². The lowest BCUT2D eigenvalue weighted by molar-refractivity contribution is 0.102. The Morgan fingerprint density at radius 2 is 1.72 bits per heavy atom. The zero-order valence-electron chi connectivity index (χ0n) is 19.2. The summed E-state index contributed by atoms with van der Waals surface area (Å²) in [5.41, 5.74) is 3.47. The van der Waals surface area contributed by atoms with Crippen molar-refractivity contribution in [2.24, 2.45) is 0 Å². The summed E-state index contributed by atoms with van der Waals surface area (Å²) in [6.07, 6.45) is 2.29. The predicted molar refractivity (Wildman–Crippen MR) is 147 cm³/mol. The summed E-state index contributed by atoms with van der Waals surface area (Å²) < 4.78 is 26.6. The van der Waals surface area contributed by atoms with Gasteiger partial charge in [0.15, 0.2) is 0 Å². The van der Waals surface area contributed by atoms with Crippen LogP contribution in [0.2, 0.25) is 10.0 Å². The summed E-state index contributed by atoms with van der Waals surface area (Å²) in [6.45, 7) is 0.403. The van der Waals surface area contributed by atoms with E-state index in [0.29, 0.717) is 40.6 Å². The minimum atomic E-state index is -3.40. The van der Waals surface area contributed by atoms with Crippen molar-refractivity contribution < 1.29 is 13.2 Å². The van der Waals surface area contributed by atoms with Gasteiger partial charge in [-0.25, -0.2) is 13.4 Å². The molecular formula is C27H23Cl2N3O3S. The van der Waals surface area contributed by atoms with Crippen molar-refractivity contribution in [1.29, 1.82) is 0 Å². The van der Waals surface area contributed by atoms with Crippen molar-refractivity contribution in [2.75, 3.05) is 21.9 Å². The molecule has 0 unspecified atom stereocenters. The maximum atomic E-state index is 13.0. The van der Waals surface area contributed by atoms with Gasteiger partial charge in [-0.3, -0.25) is 9.10 Å². The van der Waals surface area contributed by atoms with Gasteiger partial charge in [-0.2, -0.15) is 0 Å². The average molecular weight is 540 g/mol. The van der Waals surface area contributed by atoms with E-state index in [0.717, 1.165) is 23.7 Å². The van der Waals surface area contributed by atoms with Crippen molar-refractivity contribution in [3.63, 3.8) is 0 Å². The van der Waals surface area contributed by atoms with Gasteiger partial charge in [0, 0.05) is 23.2 Å². The van der Waals surface area contributed by atoms with Crippen LogP contribution in [0.1, 0.15) is 29.6 Å². The second-order valence-corrected chi connectivity index (χ2v) is 11.5. The summed E-state index contributed by atoms with van der Waals surface area (Å²) in [5, 5.41) is 4.57. The Kier molecular flexibility index (Phi) is 6.88. The molecule has 1 aliphatic heterocycles. The first-order valence-electron chi connectivity index (χ1n) is 11.6. The van der Waals surface area contributed by atoms with E-state index in [4.69, 9.17) is 28.2 Å². The van der Waals surface area contributed by atoms with E-state index in [1.165, 1.54) is 10.4 Å². The number of hydrogen-bond donors (Lipinski definition) is 1. The van der Waals surface area contributed by atoms with Crippen LogP contribution in [0.15, 0.2) is 72.8 Å². The molecule has 2 heterocycles. The highest BCUT2D eigenvalue weighted by Gasteiger charge is 2.25. The molecule has 1 amide bonds. The van der Waals surface area contributed by atoms with Gasteiger partial charge in [-0.05, 0) is 61.4 Å². The van der Waals surface area contributed by atoms with Crippen molar-refractivity contribution in [2.45, 2.75) is 19.3 Å². The number of amides is 1. The standard InChI is InChI=1S/C27H23Cl2N3O3S/c28-23-12-9-19(16-22(23)26-13-8-18-6-2-3-7-25(18)31-26)30-27(33)21-11-10-20(17-24(21)29)32-14-4-1-5-15-36(32,34)35/h2-3,6-13,16-17H,1,4-5,14-15H2,(H,30,33). The zero-order valence-corrected chi connectivity index (χ0v) is 21.6. The maximum absolute atomic E-state index is 13.0. The number of para-hydroxylation sites is 1. The lowest BCUT2D eigenvalue weighted by Gasteiger charge is -2.22. The number of carbonyl (C=O) groups is 1. The van der Waals surface area contributed by atoms with Crippen LogP contribution in [0.3, 0.4) is 0 Å². The molecule has 0 aliphatic carbocycles. The smallest absolute Gasteiger partial charge is 0.257 e. The number of aromatic nitrogens is 1. The average Bonchev–Trinajstić information content (AvgIpc) is 3.04. The Morgan fingerprint density at radius 1 is 0.889 bits per heavy atom. The number of anilines is 2. The number of halogens is 2. The van der Waals surface area contributed by atoms with Gasteiger partial charge in [0.1, 0.15) is 0 Å². The minimum absolute atomic E-state index is 0.109. The van der Waals surface area contributed by atoms with Crippen molar-refractivity contribution in [3.8, 4) is 11.3 Å². The van der Waals surface area contributed by atoms with Crippen molar-refractivity contribution in [1.82, 2.24) is 4.98 Å². The molecule has 1 fully saturated rings. The molecule has 0 spiro atoms. The number of sulfonamides is 1. The van der Waals surface area contributed by atoms with E-state index >= 15 is 0 Å². The van der Waals surface area contributed by atoms with Gasteiger partial charge in [-0.1, -0.05) is 53.9 Å². The van der Waals surface area contributed by atoms with E-state index < -0.39 is 15.9 Å². The molecule has 3 aromatic carbocycles. The SMILES string of the molecule is O=C(Nc1ccc(Cl)c(-c2ccc3ccccc3n2)c1)c1ccc(N2CCCCCS2(=O)=O)cc1Cl. The molecule has 0 atom stereocenters. The minimum Gasteiger partial charge on any atom is -0.322 e. The number of nitrogens with one attached hydrogen (secondary N) is 1. The maximum Gasteiger partial charge on any atom is 0.257 e. The molecule has 0 radical (unpaired) electrons. The molecule has 0 saturated carbocycles. The Labute approximate surface area is 219 Å². The molecule has 4 aromatic rings. The van der Waals surface area contributed by atoms with E-state index in [-0.39, 0.29) is 16.3 Å². The number of rotatable bonds is 4. The number of fused-ring (bicyclic) bond motifs is 1. The third kappa shape index (κ3) is 5.05. The fourth-order valence-electron chi connectivity index (χ4n) is 4.31. The van der Waals surface area contributed by atoms with E-state index in [2.05, 4.69) is 5.32 Å². The zero-order chi connectivity index (χ0) is 25.3. The van der Waals surface area contributed by atoms with Crippen LogP contribution in [0.25, 0.3) is 22.2 Å². The number of nitrogens with zero attached hydrogens (tertiary/aromatic N) is 2. The monoisotopic (exact) mass is 539 g/mol. The Hall–Kier alpha value is -3.13. The lowest BCUT2D eigenvalue weighted by Crippen LogP contribution is -2.32. The van der Waals surface area contributed by atoms with Crippen LogP contribution in [0.4, 0.5) is 11.4 Å². The van der Waals surface area contributed by atoms with Gasteiger partial charge in [0.05, 0.1) is 38.3 Å². The van der Waals surface area contributed by atoms with Gasteiger partial charge in [0.25, 0.3) is 5.91 Å². The first kappa shape index (κ1) is 24.6. The number of pyridine rings is 1. The van der Waals surface area contributed by atoms with Crippen LogP contribution >= 0.6 is 23.2 Å². The Bertz CT molecular complexity index is 1570. The molecule has 36 heavy (non-hydrogen) atoms. The van der Waals surface area contributed by atoms with Crippen LogP contribution in [0.5, 0.6) is 0 Å². The molecule has 1 N–H and O–H groups in total. The van der Waals surface area contributed by atoms with Crippen molar-refractivity contribution in [3.05, 3.63) is 88.4 Å². The molecule has 0 bridgehead atoms. The lowest BCUT2D eigenvalue weighted by atomic mass is 10.1. The molecule has 1 saturated heterocycles.